The first-order chi connectivity index (χ1) is 16.7. The molecule has 1 amide bonds. The van der Waals surface area contributed by atoms with E-state index in [2.05, 4.69) is 28.1 Å². The second-order valence-corrected chi connectivity index (χ2v) is 7.97. The fourth-order valence-corrected chi connectivity index (χ4v) is 3.57. The number of ether oxygens (including phenoxy) is 1. The van der Waals surface area contributed by atoms with Gasteiger partial charge in [0.05, 0.1) is 12.2 Å². The van der Waals surface area contributed by atoms with Crippen molar-refractivity contribution in [1.29, 1.82) is 0 Å². The first-order valence-corrected chi connectivity index (χ1v) is 11.4. The molecule has 0 unspecified atom stereocenters. The summed E-state index contributed by atoms with van der Waals surface area (Å²) in [5, 5.41) is 9.32. The van der Waals surface area contributed by atoms with Crippen LogP contribution in [0.25, 0.3) is 0 Å². The molecule has 0 bridgehead atoms. The van der Waals surface area contributed by atoms with Crippen LogP contribution in [0.4, 0.5) is 17.1 Å². The van der Waals surface area contributed by atoms with Gasteiger partial charge in [-0.2, -0.15) is 0 Å². The molecule has 0 atom stereocenters. The summed E-state index contributed by atoms with van der Waals surface area (Å²) in [6.45, 7) is 0.473. The molecule has 0 radical (unpaired) electrons. The van der Waals surface area contributed by atoms with Crippen molar-refractivity contribution >= 4 is 40.3 Å². The number of amides is 1. The lowest BCUT2D eigenvalue weighted by atomic mass is 10.1. The minimum absolute atomic E-state index is 0.216. The van der Waals surface area contributed by atoms with Gasteiger partial charge in [-0.25, -0.2) is 0 Å². The minimum atomic E-state index is -0.324. The first-order valence-electron chi connectivity index (χ1n) is 11.0. The maximum absolute atomic E-state index is 12.8. The molecule has 0 aromatic heterocycles. The summed E-state index contributed by atoms with van der Waals surface area (Å²) < 4.78 is 5.89. The Kier molecular flexibility index (Phi) is 7.87. The van der Waals surface area contributed by atoms with Crippen LogP contribution >= 0.6 is 12.2 Å². The third kappa shape index (κ3) is 6.67. The van der Waals surface area contributed by atoms with E-state index in [1.54, 1.807) is 18.2 Å². The molecule has 170 valence electrons. The van der Waals surface area contributed by atoms with E-state index < -0.39 is 0 Å². The van der Waals surface area contributed by atoms with E-state index in [0.717, 1.165) is 23.5 Å². The number of hydrogen-bond acceptors (Lipinski definition) is 4. The first kappa shape index (κ1) is 23.0. The zero-order chi connectivity index (χ0) is 23.6. The van der Waals surface area contributed by atoms with Gasteiger partial charge in [0.2, 0.25) is 0 Å². The molecule has 0 saturated heterocycles. The Morgan fingerprint density at radius 3 is 2.03 bits per heavy atom. The molecule has 0 saturated carbocycles. The van der Waals surface area contributed by atoms with Crippen molar-refractivity contribution in [2.75, 3.05) is 17.2 Å². The van der Waals surface area contributed by atoms with E-state index in [4.69, 9.17) is 17.0 Å². The molecule has 0 aliphatic heterocycles. The highest BCUT2D eigenvalue weighted by Crippen LogP contribution is 2.20. The zero-order valence-electron chi connectivity index (χ0n) is 18.5. The Balaban J connectivity index is 1.30. The van der Waals surface area contributed by atoms with Gasteiger partial charge in [0.25, 0.3) is 5.91 Å². The maximum atomic E-state index is 12.8. The van der Waals surface area contributed by atoms with Gasteiger partial charge >= 0.3 is 0 Å². The summed E-state index contributed by atoms with van der Waals surface area (Å²) in [5.41, 5.74) is 4.35. The SMILES string of the molecule is O=C(NC(=S)Nc1ccc(Nc2ccccc2)cc1)c1ccccc1OCCc1ccccc1. The topological polar surface area (TPSA) is 62.4 Å². The molecule has 34 heavy (non-hydrogen) atoms. The Bertz CT molecular complexity index is 1230. The fraction of sp³-hybridized carbons (Fsp3) is 0.0714. The van der Waals surface area contributed by atoms with E-state index >= 15 is 0 Å². The lowest BCUT2D eigenvalue weighted by Gasteiger charge is -2.13. The third-order valence-corrected chi connectivity index (χ3v) is 5.26. The van der Waals surface area contributed by atoms with Crippen molar-refractivity contribution < 1.29 is 9.53 Å². The Labute approximate surface area is 204 Å². The normalized spacial score (nSPS) is 10.2. The van der Waals surface area contributed by atoms with Crippen molar-refractivity contribution in [3.8, 4) is 5.75 Å². The summed E-state index contributed by atoms with van der Waals surface area (Å²) in [6, 6.07) is 34.8. The number of thiocarbonyl (C=S) groups is 1. The van der Waals surface area contributed by atoms with Crippen molar-refractivity contribution in [3.63, 3.8) is 0 Å². The Hall–Kier alpha value is -4.16. The summed E-state index contributed by atoms with van der Waals surface area (Å²) in [7, 11) is 0. The predicted octanol–water partition coefficient (Wildman–Crippen LogP) is 6.18. The molecule has 0 aliphatic rings. The van der Waals surface area contributed by atoms with E-state index in [1.807, 2.05) is 78.9 Å². The van der Waals surface area contributed by atoms with Crippen LogP contribution in [-0.4, -0.2) is 17.6 Å². The maximum Gasteiger partial charge on any atom is 0.261 e. The van der Waals surface area contributed by atoms with Gasteiger partial charge in [0.1, 0.15) is 5.75 Å². The molecular weight excluding hydrogens is 442 g/mol. The van der Waals surface area contributed by atoms with Crippen LogP contribution in [0.3, 0.4) is 0 Å². The summed E-state index contributed by atoms with van der Waals surface area (Å²) >= 11 is 5.35. The molecule has 5 nitrogen and oxygen atoms in total. The van der Waals surface area contributed by atoms with Crippen molar-refractivity contribution in [2.24, 2.45) is 0 Å². The second-order valence-electron chi connectivity index (χ2n) is 7.56. The fourth-order valence-electron chi connectivity index (χ4n) is 3.36. The number of rotatable bonds is 8. The van der Waals surface area contributed by atoms with Crippen LogP contribution in [-0.2, 0) is 6.42 Å². The molecule has 4 aromatic carbocycles. The number of benzene rings is 4. The second kappa shape index (κ2) is 11.6. The van der Waals surface area contributed by atoms with Crippen LogP contribution in [0.5, 0.6) is 5.75 Å². The molecule has 3 N–H and O–H groups in total. The number of para-hydroxylation sites is 2. The lowest BCUT2D eigenvalue weighted by Crippen LogP contribution is -2.34. The van der Waals surface area contributed by atoms with Gasteiger partial charge in [-0.3, -0.25) is 10.1 Å². The van der Waals surface area contributed by atoms with E-state index in [-0.39, 0.29) is 11.0 Å². The molecule has 0 spiro atoms. The number of hydrogen-bond donors (Lipinski definition) is 3. The molecule has 0 aliphatic carbocycles. The average molecular weight is 468 g/mol. The number of carbonyl (C=O) groups is 1. The van der Waals surface area contributed by atoms with E-state index in [0.29, 0.717) is 17.9 Å². The number of anilines is 3. The van der Waals surface area contributed by atoms with E-state index in [1.165, 1.54) is 5.56 Å². The van der Waals surface area contributed by atoms with Crippen molar-refractivity contribution in [1.82, 2.24) is 5.32 Å². The summed E-state index contributed by atoms with van der Waals surface area (Å²) in [5.74, 6) is 0.199. The largest absolute Gasteiger partial charge is 0.492 e. The molecule has 0 fully saturated rings. The smallest absolute Gasteiger partial charge is 0.261 e. The van der Waals surface area contributed by atoms with Gasteiger partial charge in [0, 0.05) is 23.5 Å². The Morgan fingerprint density at radius 1 is 0.706 bits per heavy atom. The number of nitrogens with one attached hydrogen (secondary N) is 3. The third-order valence-electron chi connectivity index (χ3n) is 5.06. The van der Waals surface area contributed by atoms with Gasteiger partial charge in [-0.15, -0.1) is 0 Å². The minimum Gasteiger partial charge on any atom is -0.492 e. The summed E-state index contributed by atoms with van der Waals surface area (Å²) in [4.78, 5) is 12.8. The van der Waals surface area contributed by atoms with Crippen molar-refractivity contribution in [2.45, 2.75) is 6.42 Å². The van der Waals surface area contributed by atoms with Crippen LogP contribution in [0.1, 0.15) is 15.9 Å². The summed E-state index contributed by atoms with van der Waals surface area (Å²) in [6.07, 6.45) is 0.756. The van der Waals surface area contributed by atoms with Gasteiger partial charge < -0.3 is 15.4 Å². The van der Waals surface area contributed by atoms with Gasteiger partial charge in [0.15, 0.2) is 5.11 Å². The molecular formula is C28H25N3O2S. The van der Waals surface area contributed by atoms with Gasteiger partial charge in [-0.05, 0) is 66.3 Å². The number of carbonyl (C=O) groups excluding carboxylic acids is 1. The average Bonchev–Trinajstić information content (AvgIpc) is 2.87. The quantitative estimate of drug-likeness (QED) is 0.270. The molecule has 4 aromatic rings. The van der Waals surface area contributed by atoms with Crippen LogP contribution in [0.15, 0.2) is 109 Å². The highest BCUT2D eigenvalue weighted by molar-refractivity contribution is 7.80. The lowest BCUT2D eigenvalue weighted by molar-refractivity contribution is 0.0974. The van der Waals surface area contributed by atoms with Crippen LogP contribution < -0.4 is 20.7 Å². The predicted molar refractivity (Wildman–Crippen MR) is 142 cm³/mol. The Morgan fingerprint density at radius 2 is 1.29 bits per heavy atom. The highest BCUT2D eigenvalue weighted by Gasteiger charge is 2.13. The zero-order valence-corrected chi connectivity index (χ0v) is 19.3. The monoisotopic (exact) mass is 467 g/mol. The standard InChI is InChI=1S/C28H25N3O2S/c32-27(25-13-7-8-14-26(25)33-20-19-21-9-3-1-4-10-21)31-28(34)30-24-17-15-23(16-18-24)29-22-11-5-2-6-12-22/h1-18,29H,19-20H2,(H2,30,31,32,34). The van der Waals surface area contributed by atoms with Crippen LogP contribution in [0, 0.1) is 0 Å². The molecule has 6 heteroatoms. The van der Waals surface area contributed by atoms with Gasteiger partial charge in [-0.1, -0.05) is 60.7 Å². The molecule has 4 rings (SSSR count). The van der Waals surface area contributed by atoms with Crippen molar-refractivity contribution in [3.05, 3.63) is 120 Å². The molecule has 0 heterocycles. The van der Waals surface area contributed by atoms with E-state index in [9.17, 15) is 4.79 Å². The highest BCUT2D eigenvalue weighted by atomic mass is 32.1. The van der Waals surface area contributed by atoms with Crippen LogP contribution in [0.2, 0.25) is 0 Å².